The molecule has 2 aromatic rings. The molecule has 0 unspecified atom stereocenters. The molecule has 1 aromatic heterocycles. The summed E-state index contributed by atoms with van der Waals surface area (Å²) in [6.45, 7) is 14.8. The SMILES string of the molecule is C=C1/C=C(/c2ccc(C3=CC(=C)SC(C=C(C)C)=CC3)n2-c2ccccc2)C/C=C(C)/C=C(/N)N1. The number of aromatic nitrogens is 1. The molecule has 0 fully saturated rings. The van der Waals surface area contributed by atoms with Gasteiger partial charge in [0.2, 0.25) is 0 Å². The molecule has 1 aromatic carbocycles. The van der Waals surface area contributed by atoms with E-state index < -0.39 is 0 Å². The average molecular weight is 480 g/mol. The number of hydrogen-bond donors (Lipinski definition) is 2. The Labute approximate surface area is 213 Å². The summed E-state index contributed by atoms with van der Waals surface area (Å²) in [7, 11) is 0. The minimum atomic E-state index is 0.596. The number of benzene rings is 1. The zero-order valence-corrected chi connectivity index (χ0v) is 21.6. The molecule has 4 heteroatoms. The van der Waals surface area contributed by atoms with Crippen molar-refractivity contribution in [2.45, 2.75) is 33.6 Å². The standard InChI is InChI=1S/C31H33N3S/c1-21(2)17-28-14-13-26(20-24(5)35-28)30-16-15-29(34(30)27-9-7-6-8-10-27)25-12-11-22(3)18-31(32)33-23(4)19-25/h6-11,14-20,33H,4-5,12-13,32H2,1-3H3/b22-11+,25-19+,31-18-. The Morgan fingerprint density at radius 1 is 0.943 bits per heavy atom. The highest BCUT2D eigenvalue weighted by molar-refractivity contribution is 8.07. The van der Waals surface area contributed by atoms with Gasteiger partial charge in [-0.1, -0.05) is 66.4 Å². The van der Waals surface area contributed by atoms with Gasteiger partial charge in [-0.25, -0.2) is 0 Å². The van der Waals surface area contributed by atoms with Crippen molar-refractivity contribution >= 4 is 22.9 Å². The van der Waals surface area contributed by atoms with Crippen molar-refractivity contribution in [3.05, 3.63) is 136 Å². The summed E-state index contributed by atoms with van der Waals surface area (Å²) in [4.78, 5) is 2.29. The smallest absolute Gasteiger partial charge is 0.101 e. The number of nitrogens with two attached hydrogens (primary N) is 1. The number of thioether (sulfide) groups is 1. The van der Waals surface area contributed by atoms with Crippen LogP contribution in [-0.2, 0) is 0 Å². The zero-order chi connectivity index (χ0) is 24.9. The second kappa shape index (κ2) is 10.7. The molecular weight excluding hydrogens is 446 g/mol. The van der Waals surface area contributed by atoms with Gasteiger partial charge in [-0.3, -0.25) is 0 Å². The van der Waals surface area contributed by atoms with Crippen molar-refractivity contribution < 1.29 is 0 Å². The van der Waals surface area contributed by atoms with Crippen LogP contribution in [0.25, 0.3) is 16.8 Å². The summed E-state index contributed by atoms with van der Waals surface area (Å²) in [5.41, 5.74) is 15.1. The first-order valence-corrected chi connectivity index (χ1v) is 12.6. The molecule has 0 saturated carbocycles. The number of para-hydroxylation sites is 1. The van der Waals surface area contributed by atoms with Gasteiger partial charge in [-0.15, -0.1) is 0 Å². The lowest BCUT2D eigenvalue weighted by molar-refractivity contribution is 0.978. The van der Waals surface area contributed by atoms with Crippen molar-refractivity contribution in [2.75, 3.05) is 0 Å². The van der Waals surface area contributed by atoms with Crippen LogP contribution in [0.15, 0.2) is 125 Å². The summed E-state index contributed by atoms with van der Waals surface area (Å²) in [5, 5.41) is 3.19. The van der Waals surface area contributed by atoms with Crippen molar-refractivity contribution in [1.82, 2.24) is 9.88 Å². The number of hydrogen-bond acceptors (Lipinski definition) is 3. The van der Waals surface area contributed by atoms with Crippen LogP contribution in [0.4, 0.5) is 0 Å². The average Bonchev–Trinajstić information content (AvgIpc) is 3.17. The van der Waals surface area contributed by atoms with Gasteiger partial charge in [-0.2, -0.15) is 0 Å². The van der Waals surface area contributed by atoms with E-state index in [0.717, 1.165) is 40.4 Å². The maximum Gasteiger partial charge on any atom is 0.101 e. The second-order valence-corrected chi connectivity index (χ2v) is 10.3. The van der Waals surface area contributed by atoms with Crippen LogP contribution in [0.2, 0.25) is 0 Å². The maximum absolute atomic E-state index is 6.12. The first-order valence-electron chi connectivity index (χ1n) is 11.8. The van der Waals surface area contributed by atoms with Gasteiger partial charge in [0.25, 0.3) is 0 Å². The van der Waals surface area contributed by atoms with Gasteiger partial charge in [-0.05, 0) is 93.3 Å². The van der Waals surface area contributed by atoms with Crippen molar-refractivity contribution in [2.24, 2.45) is 5.73 Å². The number of nitrogens with one attached hydrogen (secondary N) is 1. The van der Waals surface area contributed by atoms with Gasteiger partial charge >= 0.3 is 0 Å². The summed E-state index contributed by atoms with van der Waals surface area (Å²) >= 11 is 1.73. The third kappa shape index (κ3) is 6.09. The van der Waals surface area contributed by atoms with Crippen LogP contribution in [0, 0.1) is 0 Å². The Morgan fingerprint density at radius 3 is 2.29 bits per heavy atom. The van der Waals surface area contributed by atoms with E-state index in [1.54, 1.807) is 11.8 Å². The van der Waals surface area contributed by atoms with E-state index in [4.69, 9.17) is 5.73 Å². The van der Waals surface area contributed by atoms with Crippen LogP contribution in [0.1, 0.15) is 45.0 Å². The van der Waals surface area contributed by atoms with E-state index in [2.05, 4.69) is 117 Å². The molecule has 0 radical (unpaired) electrons. The van der Waals surface area contributed by atoms with Gasteiger partial charge < -0.3 is 15.6 Å². The number of nitrogens with zero attached hydrogens (tertiary/aromatic N) is 1. The second-order valence-electron chi connectivity index (χ2n) is 9.12. The molecule has 178 valence electrons. The highest BCUT2D eigenvalue weighted by atomic mass is 32.2. The highest BCUT2D eigenvalue weighted by Crippen LogP contribution is 2.38. The Bertz CT molecular complexity index is 1340. The molecule has 35 heavy (non-hydrogen) atoms. The van der Waals surface area contributed by atoms with Crippen LogP contribution in [0.3, 0.4) is 0 Å². The van der Waals surface area contributed by atoms with Crippen molar-refractivity contribution in [3.63, 3.8) is 0 Å². The predicted octanol–water partition coefficient (Wildman–Crippen LogP) is 8.00. The Morgan fingerprint density at radius 2 is 1.60 bits per heavy atom. The minimum absolute atomic E-state index is 0.596. The Kier molecular flexibility index (Phi) is 7.52. The Balaban J connectivity index is 1.85. The van der Waals surface area contributed by atoms with Crippen molar-refractivity contribution in [3.8, 4) is 5.69 Å². The maximum atomic E-state index is 6.12. The third-order valence-electron chi connectivity index (χ3n) is 5.77. The zero-order valence-electron chi connectivity index (χ0n) is 20.8. The van der Waals surface area contributed by atoms with Crippen molar-refractivity contribution in [1.29, 1.82) is 0 Å². The number of allylic oxidation sites excluding steroid dienone is 10. The minimum Gasteiger partial charge on any atom is -0.385 e. The molecule has 0 spiro atoms. The summed E-state index contributed by atoms with van der Waals surface area (Å²) in [6, 6.07) is 15.0. The van der Waals surface area contributed by atoms with Crippen LogP contribution in [-0.4, -0.2) is 4.57 Å². The monoisotopic (exact) mass is 479 g/mol. The quantitative estimate of drug-likeness (QED) is 0.467. The van der Waals surface area contributed by atoms with Gasteiger partial charge in [0.1, 0.15) is 5.82 Å². The lowest BCUT2D eigenvalue weighted by Gasteiger charge is -2.17. The van der Waals surface area contributed by atoms with Crippen LogP contribution in [0.5, 0.6) is 0 Å². The van der Waals surface area contributed by atoms with Gasteiger partial charge in [0.05, 0.1) is 0 Å². The molecule has 0 amide bonds. The first kappa shape index (κ1) is 24.5. The molecule has 2 aliphatic rings. The molecule has 0 atom stereocenters. The summed E-state index contributed by atoms with van der Waals surface area (Å²) < 4.78 is 2.35. The lowest BCUT2D eigenvalue weighted by atomic mass is 10.1. The van der Waals surface area contributed by atoms with Gasteiger partial charge in [0, 0.05) is 32.6 Å². The molecule has 0 aliphatic carbocycles. The van der Waals surface area contributed by atoms with E-state index in [1.807, 2.05) is 6.08 Å². The highest BCUT2D eigenvalue weighted by Gasteiger charge is 2.18. The fourth-order valence-electron chi connectivity index (χ4n) is 4.31. The Hall–Kier alpha value is -3.63. The summed E-state index contributed by atoms with van der Waals surface area (Å²) in [6.07, 6.45) is 14.6. The van der Waals surface area contributed by atoms with E-state index in [-0.39, 0.29) is 0 Å². The molecule has 2 aliphatic heterocycles. The third-order valence-corrected chi connectivity index (χ3v) is 6.67. The number of rotatable bonds is 4. The van der Waals surface area contributed by atoms with E-state index in [0.29, 0.717) is 5.82 Å². The fourth-order valence-corrected chi connectivity index (χ4v) is 5.28. The largest absolute Gasteiger partial charge is 0.385 e. The molecule has 0 bridgehead atoms. The molecular formula is C31H33N3S. The normalized spacial score (nSPS) is 21.3. The van der Waals surface area contributed by atoms with E-state index in [1.165, 1.54) is 27.3 Å². The first-order chi connectivity index (χ1) is 16.8. The van der Waals surface area contributed by atoms with E-state index >= 15 is 0 Å². The molecule has 0 saturated heterocycles. The van der Waals surface area contributed by atoms with E-state index in [9.17, 15) is 0 Å². The molecule has 3 heterocycles. The topological polar surface area (TPSA) is 43.0 Å². The van der Waals surface area contributed by atoms with Crippen LogP contribution < -0.4 is 11.1 Å². The predicted molar refractivity (Wildman–Crippen MR) is 154 cm³/mol. The lowest BCUT2D eigenvalue weighted by Crippen LogP contribution is -2.18. The van der Waals surface area contributed by atoms with Crippen LogP contribution >= 0.6 is 11.8 Å². The molecule has 4 rings (SSSR count). The fraction of sp³-hybridized carbons (Fsp3) is 0.161. The van der Waals surface area contributed by atoms with Gasteiger partial charge in [0.15, 0.2) is 0 Å². The molecule has 3 N–H and O–H groups in total. The summed E-state index contributed by atoms with van der Waals surface area (Å²) in [5.74, 6) is 0.596. The molecule has 3 nitrogen and oxygen atoms in total.